The highest BCUT2D eigenvalue weighted by atomic mass is 16.5. The van der Waals surface area contributed by atoms with Crippen molar-refractivity contribution in [1.29, 1.82) is 0 Å². The van der Waals surface area contributed by atoms with E-state index in [2.05, 4.69) is 40.7 Å². The maximum Gasteiger partial charge on any atom is 0.316 e. The lowest BCUT2D eigenvalue weighted by Crippen LogP contribution is -2.51. The summed E-state index contributed by atoms with van der Waals surface area (Å²) in [6.45, 7) is 13.0. The van der Waals surface area contributed by atoms with Gasteiger partial charge >= 0.3 is 11.9 Å². The number of allylic oxidation sites excluding steroid dienone is 1. The van der Waals surface area contributed by atoms with Gasteiger partial charge < -0.3 is 19.7 Å². The van der Waals surface area contributed by atoms with Crippen molar-refractivity contribution >= 4 is 11.9 Å². The largest absolute Gasteiger partial charge is 0.465 e. The Morgan fingerprint density at radius 2 is 1.74 bits per heavy atom. The zero-order valence-corrected chi connectivity index (χ0v) is 27.5. The molecule has 42 heavy (non-hydrogen) atoms. The van der Waals surface area contributed by atoms with Gasteiger partial charge in [0.15, 0.2) is 0 Å². The Hall–Kier alpha value is -1.40. The molecule has 0 aromatic heterocycles. The summed E-state index contributed by atoms with van der Waals surface area (Å²) in [5.41, 5.74) is 0.934. The van der Waals surface area contributed by atoms with Crippen molar-refractivity contribution in [3.63, 3.8) is 0 Å². The average Bonchev–Trinajstić information content (AvgIpc) is 3.32. The maximum atomic E-state index is 12.6. The van der Waals surface area contributed by atoms with Crippen LogP contribution < -0.4 is 0 Å². The van der Waals surface area contributed by atoms with Gasteiger partial charge in [-0.2, -0.15) is 0 Å². The summed E-state index contributed by atoms with van der Waals surface area (Å²) in [4.78, 5) is 24.7. The molecule has 4 aliphatic carbocycles. The van der Waals surface area contributed by atoms with Gasteiger partial charge in [0.05, 0.1) is 19.8 Å². The van der Waals surface area contributed by atoms with Gasteiger partial charge in [0, 0.05) is 12.8 Å². The molecule has 0 aromatic carbocycles. The fourth-order valence-corrected chi connectivity index (χ4v) is 9.73. The van der Waals surface area contributed by atoms with Crippen LogP contribution in [0.25, 0.3) is 0 Å². The monoisotopic (exact) mass is 588 g/mol. The second-order valence-corrected chi connectivity index (χ2v) is 15.8. The van der Waals surface area contributed by atoms with Gasteiger partial charge in [0.1, 0.15) is 11.5 Å². The minimum Gasteiger partial charge on any atom is -0.465 e. The Labute approximate surface area is 255 Å². The minimum atomic E-state index is -1.32. The number of esters is 2. The molecule has 0 aromatic rings. The van der Waals surface area contributed by atoms with E-state index in [1.807, 2.05) is 0 Å². The molecular formula is C36H60O6. The summed E-state index contributed by atoms with van der Waals surface area (Å²) in [5.74, 6) is 4.02. The van der Waals surface area contributed by atoms with Crippen molar-refractivity contribution in [3.8, 4) is 0 Å². The molecule has 0 heterocycles. The molecule has 0 aliphatic heterocycles. The summed E-state index contributed by atoms with van der Waals surface area (Å²) in [5, 5.41) is 18.7. The predicted octanol–water partition coefficient (Wildman–Crippen LogP) is 7.25. The Balaban J connectivity index is 1.28. The van der Waals surface area contributed by atoms with Crippen LogP contribution in [0.4, 0.5) is 0 Å². The van der Waals surface area contributed by atoms with Gasteiger partial charge in [-0.25, -0.2) is 0 Å². The molecule has 4 rings (SSSR count). The first-order valence-electron chi connectivity index (χ1n) is 17.2. The first-order chi connectivity index (χ1) is 19.9. The first-order valence-corrected chi connectivity index (χ1v) is 17.2. The molecule has 6 nitrogen and oxygen atoms in total. The molecule has 0 bridgehead atoms. The summed E-state index contributed by atoms with van der Waals surface area (Å²) in [6.07, 6.45) is 16.7. The molecule has 3 fully saturated rings. The predicted molar refractivity (Wildman–Crippen MR) is 165 cm³/mol. The third-order valence-electron chi connectivity index (χ3n) is 12.5. The molecule has 1 unspecified atom stereocenters. The van der Waals surface area contributed by atoms with Crippen LogP contribution in [0.2, 0.25) is 0 Å². The highest BCUT2D eigenvalue weighted by molar-refractivity contribution is 5.76. The van der Waals surface area contributed by atoms with Crippen LogP contribution >= 0.6 is 0 Å². The fraction of sp³-hybridized carbons (Fsp3) is 0.889. The van der Waals surface area contributed by atoms with E-state index in [0.29, 0.717) is 11.8 Å². The first kappa shape index (κ1) is 33.5. The summed E-state index contributed by atoms with van der Waals surface area (Å²) < 4.78 is 11.1. The molecule has 2 N–H and O–H groups in total. The van der Waals surface area contributed by atoms with E-state index in [1.165, 1.54) is 63.9 Å². The molecule has 8 atom stereocenters. The van der Waals surface area contributed by atoms with Crippen molar-refractivity contribution in [2.24, 2.45) is 51.8 Å². The van der Waals surface area contributed by atoms with Crippen molar-refractivity contribution < 1.29 is 29.3 Å². The van der Waals surface area contributed by atoms with Gasteiger partial charge in [-0.1, -0.05) is 65.5 Å². The normalized spacial score (nSPS) is 35.1. The van der Waals surface area contributed by atoms with E-state index in [9.17, 15) is 19.8 Å². The van der Waals surface area contributed by atoms with Gasteiger partial charge in [-0.15, -0.1) is 0 Å². The van der Waals surface area contributed by atoms with Crippen molar-refractivity contribution in [2.45, 2.75) is 131 Å². The van der Waals surface area contributed by atoms with E-state index >= 15 is 0 Å². The third-order valence-corrected chi connectivity index (χ3v) is 12.5. The molecule has 4 aliphatic rings. The Kier molecular flexibility index (Phi) is 10.9. The van der Waals surface area contributed by atoms with Crippen LogP contribution in [0.5, 0.6) is 0 Å². The van der Waals surface area contributed by atoms with Gasteiger partial charge in [-0.3, -0.25) is 9.59 Å². The molecule has 0 radical (unpaired) electrons. The van der Waals surface area contributed by atoms with E-state index in [1.54, 1.807) is 0 Å². The van der Waals surface area contributed by atoms with Crippen LogP contribution in [0.15, 0.2) is 11.6 Å². The van der Waals surface area contributed by atoms with Gasteiger partial charge in [-0.05, 0) is 105 Å². The quantitative estimate of drug-likeness (QED) is 0.134. The number of carbonyl (C=O) groups excluding carboxylic acids is 2. The number of rotatable bonds is 13. The molecule has 0 spiro atoms. The molecular weight excluding hydrogens is 528 g/mol. The van der Waals surface area contributed by atoms with Crippen LogP contribution in [-0.2, 0) is 19.1 Å². The number of fused-ring (bicyclic) bond motifs is 5. The maximum absolute atomic E-state index is 12.6. The summed E-state index contributed by atoms with van der Waals surface area (Å²) in [7, 11) is 0. The van der Waals surface area contributed by atoms with Crippen LogP contribution in [0, 0.1) is 51.8 Å². The van der Waals surface area contributed by atoms with Gasteiger partial charge in [0.2, 0.25) is 0 Å². The molecule has 6 heteroatoms. The summed E-state index contributed by atoms with van der Waals surface area (Å²) >= 11 is 0. The SMILES string of the molecule is CC(C)CCC[C@H](C)[C@@H]1CC[C@@H]2[C@H]3CC=C4CC(OC(=O)CCCOC(=O)C(C)(CO)CO)CC[C@@]4(C)[C@@H]3CC[C@]21C. The number of carbonyl (C=O) groups is 2. The molecule has 3 saturated carbocycles. The lowest BCUT2D eigenvalue weighted by Gasteiger charge is -2.58. The topological polar surface area (TPSA) is 93.1 Å². The standard InChI is InChI=1S/C36H60O6/c1-24(2)9-7-10-25(3)29-14-15-30-28-13-12-26-21-27(16-18-35(26,5)31(28)17-19-36(29,30)6)42-32(39)11-8-20-41-33(40)34(4,22-37)23-38/h12,24-25,27-31,37-38H,7-11,13-23H2,1-6H3/t25-,27?,28+,29-,30+,31+,35+,36-/m0/s1. The zero-order chi connectivity index (χ0) is 30.7. The lowest BCUT2D eigenvalue weighted by atomic mass is 9.47. The highest BCUT2D eigenvalue weighted by Gasteiger charge is 2.59. The van der Waals surface area contributed by atoms with Crippen LogP contribution in [0.1, 0.15) is 125 Å². The van der Waals surface area contributed by atoms with E-state index < -0.39 is 24.6 Å². The molecule has 0 amide bonds. The zero-order valence-electron chi connectivity index (χ0n) is 27.5. The molecule has 0 saturated heterocycles. The van der Waals surface area contributed by atoms with Crippen molar-refractivity contribution in [2.75, 3.05) is 19.8 Å². The smallest absolute Gasteiger partial charge is 0.316 e. The Bertz CT molecular complexity index is 968. The second-order valence-electron chi connectivity index (χ2n) is 15.8. The van der Waals surface area contributed by atoms with E-state index in [-0.39, 0.29) is 30.5 Å². The number of aliphatic hydroxyl groups excluding tert-OH is 2. The number of aliphatic hydroxyl groups is 2. The highest BCUT2D eigenvalue weighted by Crippen LogP contribution is 2.67. The summed E-state index contributed by atoms with van der Waals surface area (Å²) in [6, 6.07) is 0. The van der Waals surface area contributed by atoms with Crippen LogP contribution in [-0.4, -0.2) is 48.1 Å². The minimum absolute atomic E-state index is 0.0676. The van der Waals surface area contributed by atoms with Gasteiger partial charge in [0.25, 0.3) is 0 Å². The van der Waals surface area contributed by atoms with Crippen molar-refractivity contribution in [1.82, 2.24) is 0 Å². The molecule has 240 valence electrons. The Morgan fingerprint density at radius 3 is 2.43 bits per heavy atom. The number of hydrogen-bond acceptors (Lipinski definition) is 6. The Morgan fingerprint density at radius 1 is 1.00 bits per heavy atom. The van der Waals surface area contributed by atoms with Crippen LogP contribution in [0.3, 0.4) is 0 Å². The third kappa shape index (κ3) is 6.80. The second kappa shape index (κ2) is 13.7. The average molecular weight is 589 g/mol. The van der Waals surface area contributed by atoms with E-state index in [4.69, 9.17) is 9.47 Å². The number of ether oxygens (including phenoxy) is 2. The lowest BCUT2D eigenvalue weighted by molar-refractivity contribution is -0.161. The number of hydrogen-bond donors (Lipinski definition) is 2. The van der Waals surface area contributed by atoms with E-state index in [0.717, 1.165) is 54.8 Å². The van der Waals surface area contributed by atoms with Crippen molar-refractivity contribution in [3.05, 3.63) is 11.6 Å². The fourth-order valence-electron chi connectivity index (χ4n) is 9.73.